The fraction of sp³-hybridized carbons (Fsp3) is 0.290. The van der Waals surface area contributed by atoms with Crippen molar-refractivity contribution in [3.8, 4) is 5.75 Å². The van der Waals surface area contributed by atoms with Gasteiger partial charge in [0.15, 0.2) is 0 Å². The van der Waals surface area contributed by atoms with Crippen LogP contribution in [0.15, 0.2) is 102 Å². The summed E-state index contributed by atoms with van der Waals surface area (Å²) >= 11 is 0. The molecule has 1 fully saturated rings. The topological polar surface area (TPSA) is 49.9 Å². The Hall–Kier alpha value is -3.19. The standard InChI is InChI=1S/C31H34N2O3S/c1-2-3-24-36-29-18-19-30(28-17-11-10-16-27(28)29)37(34,35)33-22-20-32(21-23-33)31(25-12-6-4-7-13-25)26-14-8-5-9-15-26/h4-19,31H,2-3,20-24H2,1H3. The second kappa shape index (κ2) is 11.5. The highest BCUT2D eigenvalue weighted by Crippen LogP contribution is 2.34. The first-order valence-corrected chi connectivity index (χ1v) is 14.5. The average molecular weight is 515 g/mol. The third-order valence-corrected chi connectivity index (χ3v) is 9.04. The summed E-state index contributed by atoms with van der Waals surface area (Å²) in [7, 11) is -3.66. The SMILES string of the molecule is CCCCOc1ccc(S(=O)(=O)N2CCN(C(c3ccccc3)c3ccccc3)CC2)c2ccccc12. The van der Waals surface area contributed by atoms with E-state index in [-0.39, 0.29) is 6.04 Å². The van der Waals surface area contributed by atoms with Crippen molar-refractivity contribution < 1.29 is 13.2 Å². The van der Waals surface area contributed by atoms with Gasteiger partial charge in [-0.1, -0.05) is 98.3 Å². The van der Waals surface area contributed by atoms with E-state index in [2.05, 4.69) is 60.4 Å². The number of unbranched alkanes of at least 4 members (excludes halogenated alkanes) is 1. The Bertz CT molecular complexity index is 1380. The Morgan fingerprint density at radius 2 is 1.30 bits per heavy atom. The first-order chi connectivity index (χ1) is 18.1. The van der Waals surface area contributed by atoms with Crippen molar-refractivity contribution in [3.63, 3.8) is 0 Å². The van der Waals surface area contributed by atoms with Gasteiger partial charge in [-0.25, -0.2) is 8.42 Å². The number of hydrogen-bond acceptors (Lipinski definition) is 4. The fourth-order valence-electron chi connectivity index (χ4n) is 5.15. The van der Waals surface area contributed by atoms with Crippen molar-refractivity contribution in [2.45, 2.75) is 30.7 Å². The molecule has 5 nitrogen and oxygen atoms in total. The molecule has 1 heterocycles. The molecule has 0 saturated carbocycles. The molecule has 37 heavy (non-hydrogen) atoms. The Balaban J connectivity index is 1.39. The predicted octanol–water partition coefficient (Wildman–Crippen LogP) is 6.11. The van der Waals surface area contributed by atoms with Gasteiger partial charge < -0.3 is 4.74 Å². The van der Waals surface area contributed by atoms with Gasteiger partial charge in [0.25, 0.3) is 0 Å². The summed E-state index contributed by atoms with van der Waals surface area (Å²) in [5, 5.41) is 1.55. The number of sulfonamides is 1. The summed E-state index contributed by atoms with van der Waals surface area (Å²) < 4.78 is 35.3. The van der Waals surface area contributed by atoms with Gasteiger partial charge in [0.1, 0.15) is 5.75 Å². The number of benzene rings is 4. The van der Waals surface area contributed by atoms with Gasteiger partial charge in [-0.2, -0.15) is 4.31 Å². The molecule has 4 aromatic rings. The molecule has 0 radical (unpaired) electrons. The molecule has 0 bridgehead atoms. The van der Waals surface area contributed by atoms with E-state index in [0.717, 1.165) is 24.0 Å². The van der Waals surface area contributed by atoms with E-state index in [1.165, 1.54) is 11.1 Å². The van der Waals surface area contributed by atoms with Gasteiger partial charge >= 0.3 is 0 Å². The van der Waals surface area contributed by atoms with E-state index in [9.17, 15) is 8.42 Å². The van der Waals surface area contributed by atoms with Crippen LogP contribution in [0.25, 0.3) is 10.8 Å². The second-order valence-electron chi connectivity index (χ2n) is 9.47. The summed E-state index contributed by atoms with van der Waals surface area (Å²) in [6, 6.07) is 32.2. The Morgan fingerprint density at radius 1 is 0.730 bits per heavy atom. The number of ether oxygens (including phenoxy) is 1. The van der Waals surface area contributed by atoms with Gasteiger partial charge in [-0.05, 0) is 29.7 Å². The molecule has 0 aromatic heterocycles. The van der Waals surface area contributed by atoms with Crippen LogP contribution < -0.4 is 4.74 Å². The number of fused-ring (bicyclic) bond motifs is 1. The molecule has 0 atom stereocenters. The molecule has 4 aromatic carbocycles. The van der Waals surface area contributed by atoms with Gasteiger partial charge in [-0.15, -0.1) is 0 Å². The molecular formula is C31H34N2O3S. The molecule has 0 spiro atoms. The molecule has 1 aliphatic heterocycles. The van der Waals surface area contributed by atoms with Crippen LogP contribution in [0.5, 0.6) is 5.75 Å². The summed E-state index contributed by atoms with van der Waals surface area (Å²) in [6.07, 6.45) is 2.01. The molecule has 1 saturated heterocycles. The summed E-state index contributed by atoms with van der Waals surface area (Å²) in [5.41, 5.74) is 2.43. The van der Waals surface area contributed by atoms with Crippen molar-refractivity contribution >= 4 is 20.8 Å². The van der Waals surface area contributed by atoms with Crippen LogP contribution in [0.1, 0.15) is 36.9 Å². The third kappa shape index (κ3) is 5.42. The second-order valence-corrected chi connectivity index (χ2v) is 11.4. The van der Waals surface area contributed by atoms with Crippen LogP contribution in [-0.4, -0.2) is 50.4 Å². The van der Waals surface area contributed by atoms with Gasteiger partial charge in [0.2, 0.25) is 10.0 Å². The minimum absolute atomic E-state index is 0.0904. The van der Waals surface area contributed by atoms with Crippen LogP contribution >= 0.6 is 0 Å². The molecule has 0 aliphatic carbocycles. The monoisotopic (exact) mass is 514 g/mol. The summed E-state index contributed by atoms with van der Waals surface area (Å²) in [4.78, 5) is 2.74. The molecule has 0 N–H and O–H groups in total. The normalized spacial score (nSPS) is 15.3. The van der Waals surface area contributed by atoms with Crippen molar-refractivity contribution in [2.75, 3.05) is 32.8 Å². The number of piperazine rings is 1. The summed E-state index contributed by atoms with van der Waals surface area (Å²) in [5.74, 6) is 0.737. The van der Waals surface area contributed by atoms with Crippen LogP contribution in [0, 0.1) is 0 Å². The Morgan fingerprint density at radius 3 is 1.89 bits per heavy atom. The van der Waals surface area contributed by atoms with E-state index < -0.39 is 10.0 Å². The Labute approximate surface area is 220 Å². The maximum absolute atomic E-state index is 13.9. The minimum Gasteiger partial charge on any atom is -0.493 e. The maximum Gasteiger partial charge on any atom is 0.243 e. The average Bonchev–Trinajstić information content (AvgIpc) is 2.95. The highest BCUT2D eigenvalue weighted by molar-refractivity contribution is 7.89. The first kappa shape index (κ1) is 25.5. The van der Waals surface area contributed by atoms with Gasteiger partial charge in [-0.3, -0.25) is 4.90 Å². The minimum atomic E-state index is -3.66. The lowest BCUT2D eigenvalue weighted by atomic mass is 9.96. The molecule has 192 valence electrons. The van der Waals surface area contributed by atoms with E-state index in [1.54, 1.807) is 10.4 Å². The third-order valence-electron chi connectivity index (χ3n) is 7.09. The lowest BCUT2D eigenvalue weighted by Crippen LogP contribution is -2.49. The van der Waals surface area contributed by atoms with Crippen LogP contribution in [0.4, 0.5) is 0 Å². The van der Waals surface area contributed by atoms with E-state index in [4.69, 9.17) is 4.74 Å². The smallest absolute Gasteiger partial charge is 0.243 e. The fourth-order valence-corrected chi connectivity index (χ4v) is 6.77. The van der Waals surface area contributed by atoms with Crippen LogP contribution in [0.2, 0.25) is 0 Å². The molecule has 0 unspecified atom stereocenters. The lowest BCUT2D eigenvalue weighted by molar-refractivity contribution is 0.156. The zero-order valence-electron chi connectivity index (χ0n) is 21.3. The highest BCUT2D eigenvalue weighted by Gasteiger charge is 2.33. The van der Waals surface area contributed by atoms with E-state index in [0.29, 0.717) is 43.1 Å². The quantitative estimate of drug-likeness (QED) is 0.253. The lowest BCUT2D eigenvalue weighted by Gasteiger charge is -2.39. The number of rotatable bonds is 9. The number of hydrogen-bond donors (Lipinski definition) is 0. The van der Waals surface area contributed by atoms with E-state index >= 15 is 0 Å². The summed E-state index contributed by atoms with van der Waals surface area (Å²) in [6.45, 7) is 4.95. The molecular weight excluding hydrogens is 480 g/mol. The largest absolute Gasteiger partial charge is 0.493 e. The zero-order valence-corrected chi connectivity index (χ0v) is 22.1. The van der Waals surface area contributed by atoms with E-state index in [1.807, 2.05) is 42.5 Å². The Kier molecular flexibility index (Phi) is 7.89. The molecule has 0 amide bonds. The van der Waals surface area contributed by atoms with Crippen molar-refractivity contribution in [1.29, 1.82) is 0 Å². The van der Waals surface area contributed by atoms with Gasteiger partial charge in [0.05, 0.1) is 17.5 Å². The maximum atomic E-state index is 13.9. The van der Waals surface area contributed by atoms with Crippen LogP contribution in [0.3, 0.4) is 0 Å². The van der Waals surface area contributed by atoms with Crippen LogP contribution in [-0.2, 0) is 10.0 Å². The predicted molar refractivity (Wildman–Crippen MR) is 149 cm³/mol. The van der Waals surface area contributed by atoms with Crippen molar-refractivity contribution in [3.05, 3.63) is 108 Å². The van der Waals surface area contributed by atoms with Gasteiger partial charge in [0, 0.05) is 37.0 Å². The molecule has 6 heteroatoms. The first-order valence-electron chi connectivity index (χ1n) is 13.1. The van der Waals surface area contributed by atoms with Crippen molar-refractivity contribution in [1.82, 2.24) is 9.21 Å². The molecule has 5 rings (SSSR count). The van der Waals surface area contributed by atoms with Crippen molar-refractivity contribution in [2.24, 2.45) is 0 Å². The number of nitrogens with zero attached hydrogens (tertiary/aromatic N) is 2. The highest BCUT2D eigenvalue weighted by atomic mass is 32.2. The molecule has 1 aliphatic rings. The zero-order chi connectivity index (χ0) is 25.7.